The minimum atomic E-state index is 0.0316. The second kappa shape index (κ2) is 7.82. The van der Waals surface area contributed by atoms with Crippen molar-refractivity contribution in [1.82, 2.24) is 4.90 Å². The zero-order chi connectivity index (χ0) is 17.9. The number of hydrogen-bond acceptors (Lipinski definition) is 6. The van der Waals surface area contributed by atoms with Gasteiger partial charge in [0.05, 0.1) is 16.1 Å². The first-order chi connectivity index (χ1) is 12.7. The van der Waals surface area contributed by atoms with E-state index in [1.165, 1.54) is 5.69 Å². The number of nitrogens with zero attached hydrogens (tertiary/aromatic N) is 3. The zero-order valence-corrected chi connectivity index (χ0v) is 16.3. The molecule has 0 radical (unpaired) electrons. The third-order valence-electron chi connectivity index (χ3n) is 4.84. The van der Waals surface area contributed by atoms with E-state index in [0.717, 1.165) is 37.6 Å². The van der Waals surface area contributed by atoms with Crippen LogP contribution in [0.5, 0.6) is 0 Å². The Bertz CT molecular complexity index is 745. The second-order valence-corrected chi connectivity index (χ2v) is 7.91. The van der Waals surface area contributed by atoms with E-state index in [1.54, 1.807) is 0 Å². The van der Waals surface area contributed by atoms with Crippen molar-refractivity contribution in [2.45, 2.75) is 10.9 Å². The maximum absolute atomic E-state index is 4.40. The monoisotopic (exact) mass is 386 g/mol. The fraction of sp³-hybridized carbons (Fsp3) is 0.316. The molecule has 1 saturated heterocycles. The number of para-hydroxylation sites is 2. The summed E-state index contributed by atoms with van der Waals surface area (Å²) >= 11 is 8.80. The average molecular weight is 387 g/mol. The normalized spacial score (nSPS) is 18.2. The Labute approximate surface area is 165 Å². The summed E-state index contributed by atoms with van der Waals surface area (Å²) in [4.78, 5) is 4.68. The lowest BCUT2D eigenvalue weighted by Gasteiger charge is -2.37. The van der Waals surface area contributed by atoms with Crippen LogP contribution in [-0.2, 0) is 0 Å². The van der Waals surface area contributed by atoms with E-state index in [2.05, 4.69) is 99.2 Å². The van der Waals surface area contributed by atoms with Gasteiger partial charge in [-0.05, 0) is 12.1 Å². The van der Waals surface area contributed by atoms with Crippen LogP contribution in [0.25, 0.3) is 6.20 Å². The highest BCUT2D eigenvalue weighted by molar-refractivity contribution is 7.99. The molecule has 5 nitrogen and oxygen atoms in total. The summed E-state index contributed by atoms with van der Waals surface area (Å²) in [6.45, 7) is 4.00. The quantitative estimate of drug-likeness (QED) is 0.370. The average Bonchev–Trinajstić information content (AvgIpc) is 3.10. The molecule has 1 fully saturated rings. The molecule has 2 N–H and O–H groups in total. The van der Waals surface area contributed by atoms with Gasteiger partial charge < -0.3 is 15.5 Å². The van der Waals surface area contributed by atoms with Gasteiger partial charge in [-0.25, -0.2) is 0 Å². The van der Waals surface area contributed by atoms with Gasteiger partial charge in [0.25, 0.3) is 0 Å². The molecule has 3 heterocycles. The molecule has 0 spiro atoms. The Kier molecular flexibility index (Phi) is 5.28. The van der Waals surface area contributed by atoms with Crippen molar-refractivity contribution in [2.24, 2.45) is 0 Å². The summed E-state index contributed by atoms with van der Waals surface area (Å²) in [7, 11) is 0. The predicted molar refractivity (Wildman–Crippen MR) is 115 cm³/mol. The summed E-state index contributed by atoms with van der Waals surface area (Å²) < 4.78 is 2.10. The van der Waals surface area contributed by atoms with E-state index in [9.17, 15) is 0 Å². The van der Waals surface area contributed by atoms with Crippen LogP contribution in [0.1, 0.15) is 0 Å². The third-order valence-corrected chi connectivity index (χ3v) is 5.49. The van der Waals surface area contributed by atoms with Crippen molar-refractivity contribution in [3.63, 3.8) is 0 Å². The summed E-state index contributed by atoms with van der Waals surface area (Å²) in [5.41, 5.74) is 3.55. The topological polar surface area (TPSA) is 34.4 Å². The van der Waals surface area contributed by atoms with Gasteiger partial charge in [-0.2, -0.15) is 4.57 Å². The van der Waals surface area contributed by atoms with E-state index in [0.29, 0.717) is 0 Å². The number of benzene rings is 1. The number of hydrogen-bond donors (Lipinski definition) is 4. The molecule has 0 unspecified atom stereocenters. The number of pyridine rings is 1. The van der Waals surface area contributed by atoms with Crippen molar-refractivity contribution in [2.75, 3.05) is 41.7 Å². The minimum absolute atomic E-state index is 0.0316. The maximum Gasteiger partial charge on any atom is 0.176 e. The molecule has 0 saturated carbocycles. The number of nitrogens with one attached hydrogen (secondary N) is 2. The Morgan fingerprint density at radius 2 is 1.58 bits per heavy atom. The van der Waals surface area contributed by atoms with Gasteiger partial charge in [0.15, 0.2) is 18.6 Å². The Morgan fingerprint density at radius 1 is 0.962 bits per heavy atom. The molecule has 2 aromatic rings. The van der Waals surface area contributed by atoms with Crippen LogP contribution in [0.15, 0.2) is 54.9 Å². The summed E-state index contributed by atoms with van der Waals surface area (Å²) in [5.74, 6) is 0. The van der Waals surface area contributed by atoms with Crippen molar-refractivity contribution >= 4 is 48.5 Å². The summed E-state index contributed by atoms with van der Waals surface area (Å²) in [6, 6.07) is 12.6. The van der Waals surface area contributed by atoms with E-state index in [1.807, 2.05) is 12.1 Å². The van der Waals surface area contributed by atoms with Crippen molar-refractivity contribution in [3.05, 3.63) is 54.9 Å². The number of aromatic nitrogens is 1. The molecular weight excluding hydrogens is 362 g/mol. The van der Waals surface area contributed by atoms with Crippen molar-refractivity contribution in [1.29, 1.82) is 0 Å². The molecule has 4 rings (SSSR count). The number of fused-ring (bicyclic) bond motifs is 1. The maximum atomic E-state index is 4.40. The summed E-state index contributed by atoms with van der Waals surface area (Å²) in [5, 5.41) is 6.89. The van der Waals surface area contributed by atoms with Gasteiger partial charge >= 0.3 is 0 Å². The Balaban J connectivity index is 1.34. The second-order valence-electron chi connectivity index (χ2n) is 6.53. The molecule has 1 aromatic heterocycles. The van der Waals surface area contributed by atoms with Gasteiger partial charge in [0, 0.05) is 50.1 Å². The zero-order valence-electron chi connectivity index (χ0n) is 14.5. The van der Waals surface area contributed by atoms with Crippen molar-refractivity contribution in [3.8, 4) is 0 Å². The molecular formula is C19H24N5S2+. The number of thiol groups is 2. The number of piperazine rings is 1. The summed E-state index contributed by atoms with van der Waals surface area (Å²) in [6.07, 6.45) is 8.51. The highest BCUT2D eigenvalue weighted by Gasteiger charge is 2.20. The fourth-order valence-electron chi connectivity index (χ4n) is 3.34. The minimum Gasteiger partial charge on any atom is -0.369 e. The lowest BCUT2D eigenvalue weighted by molar-refractivity contribution is -0.568. The van der Waals surface area contributed by atoms with Crippen LogP contribution in [0.4, 0.5) is 17.1 Å². The molecule has 2 aliphatic rings. The van der Waals surface area contributed by atoms with E-state index in [4.69, 9.17) is 0 Å². The molecule has 0 amide bonds. The molecule has 136 valence electrons. The van der Waals surface area contributed by atoms with E-state index in [-0.39, 0.29) is 10.9 Å². The van der Waals surface area contributed by atoms with Crippen LogP contribution < -0.4 is 20.1 Å². The molecule has 0 bridgehead atoms. The van der Waals surface area contributed by atoms with Crippen LogP contribution in [0.2, 0.25) is 0 Å². The molecule has 0 aliphatic carbocycles. The molecule has 1 aromatic carbocycles. The SMILES string of the molecule is SC(S)N1CCN(c2cc[n+](/C=C/C3Nc4ccccc4N3)cc2)CC1. The van der Waals surface area contributed by atoms with Crippen LogP contribution in [0.3, 0.4) is 0 Å². The highest BCUT2D eigenvalue weighted by Crippen LogP contribution is 2.28. The highest BCUT2D eigenvalue weighted by atomic mass is 32.2. The van der Waals surface area contributed by atoms with Gasteiger partial charge in [-0.3, -0.25) is 4.90 Å². The van der Waals surface area contributed by atoms with Crippen LogP contribution in [0, 0.1) is 0 Å². The Hall–Kier alpha value is -1.83. The lowest BCUT2D eigenvalue weighted by Crippen LogP contribution is -2.48. The first kappa shape index (κ1) is 17.6. The predicted octanol–water partition coefficient (Wildman–Crippen LogP) is 2.57. The van der Waals surface area contributed by atoms with Crippen LogP contribution >= 0.6 is 25.3 Å². The number of anilines is 3. The van der Waals surface area contributed by atoms with Gasteiger partial charge in [-0.1, -0.05) is 12.1 Å². The van der Waals surface area contributed by atoms with E-state index >= 15 is 0 Å². The largest absolute Gasteiger partial charge is 0.369 e. The Morgan fingerprint density at radius 3 is 2.15 bits per heavy atom. The fourth-order valence-corrected chi connectivity index (χ4v) is 3.80. The molecule has 26 heavy (non-hydrogen) atoms. The standard InChI is InChI=1S/C19H23N5S2/c25-19(26)24-13-11-23(12-14-24)15-5-8-22(9-6-15)10-7-18-20-16-3-1-2-4-17(16)21-18/h1-10,18-21H,11-14H2,(H-,25,26)/p+1/b10-7+. The van der Waals surface area contributed by atoms with Gasteiger partial charge in [-0.15, -0.1) is 25.3 Å². The first-order valence-corrected chi connectivity index (χ1v) is 9.89. The van der Waals surface area contributed by atoms with E-state index < -0.39 is 0 Å². The van der Waals surface area contributed by atoms with Crippen molar-refractivity contribution < 1.29 is 4.57 Å². The smallest absolute Gasteiger partial charge is 0.176 e. The van der Waals surface area contributed by atoms with Gasteiger partial charge in [0.1, 0.15) is 6.17 Å². The first-order valence-electron chi connectivity index (χ1n) is 8.85. The van der Waals surface area contributed by atoms with Crippen LogP contribution in [-0.4, -0.2) is 42.0 Å². The van der Waals surface area contributed by atoms with Gasteiger partial charge in [0.2, 0.25) is 0 Å². The number of rotatable bonds is 4. The molecule has 0 atom stereocenters. The molecule has 7 heteroatoms. The molecule has 2 aliphatic heterocycles. The lowest BCUT2D eigenvalue weighted by atomic mass is 10.3. The third kappa shape index (κ3) is 3.95.